The zero-order valence-corrected chi connectivity index (χ0v) is 32.6. The van der Waals surface area contributed by atoms with Crippen molar-refractivity contribution in [3.8, 4) is 0 Å². The molecule has 4 heteroatoms. The molecule has 51 heavy (non-hydrogen) atoms. The minimum Gasteiger partial charge on any atom is -0.394 e. The highest BCUT2D eigenvalue weighted by molar-refractivity contribution is 5.76. The summed E-state index contributed by atoms with van der Waals surface area (Å²) in [6.45, 7) is 4.09. The van der Waals surface area contributed by atoms with Crippen LogP contribution in [0.25, 0.3) is 0 Å². The van der Waals surface area contributed by atoms with Crippen LogP contribution in [0, 0.1) is 0 Å². The lowest BCUT2D eigenvalue weighted by Crippen LogP contribution is -2.45. The molecule has 0 heterocycles. The largest absolute Gasteiger partial charge is 0.394 e. The van der Waals surface area contributed by atoms with Crippen molar-refractivity contribution >= 4 is 5.91 Å². The van der Waals surface area contributed by atoms with Crippen LogP contribution in [0.15, 0.2) is 122 Å². The van der Waals surface area contributed by atoms with Crippen molar-refractivity contribution in [2.24, 2.45) is 0 Å². The van der Waals surface area contributed by atoms with E-state index in [1.807, 2.05) is 6.08 Å². The third-order valence-corrected chi connectivity index (χ3v) is 8.16. The van der Waals surface area contributed by atoms with Crippen molar-refractivity contribution in [1.82, 2.24) is 5.32 Å². The molecule has 0 rings (SSSR count). The van der Waals surface area contributed by atoms with Crippen molar-refractivity contribution < 1.29 is 15.0 Å². The molecule has 0 saturated heterocycles. The number of unbranched alkanes of at least 4 members (excludes halogenated alkanes) is 9. The fourth-order valence-electron chi connectivity index (χ4n) is 5.05. The number of carbonyl (C=O) groups is 1. The molecule has 2 atom stereocenters. The van der Waals surface area contributed by atoms with Crippen LogP contribution in [0.1, 0.15) is 149 Å². The lowest BCUT2D eigenvalue weighted by Gasteiger charge is -2.19. The maximum atomic E-state index is 12.3. The Morgan fingerprint density at radius 3 is 1.37 bits per heavy atom. The molecule has 0 bridgehead atoms. The van der Waals surface area contributed by atoms with Crippen LogP contribution in [0.3, 0.4) is 0 Å². The lowest BCUT2D eigenvalue weighted by molar-refractivity contribution is -0.123. The zero-order chi connectivity index (χ0) is 37.1. The highest BCUT2D eigenvalue weighted by Crippen LogP contribution is 2.09. The second-order valence-electron chi connectivity index (χ2n) is 12.9. The maximum Gasteiger partial charge on any atom is 0.220 e. The van der Waals surface area contributed by atoms with E-state index in [1.165, 1.54) is 32.1 Å². The van der Waals surface area contributed by atoms with E-state index < -0.39 is 12.1 Å². The van der Waals surface area contributed by atoms with Gasteiger partial charge in [0.1, 0.15) is 0 Å². The first-order valence-corrected chi connectivity index (χ1v) is 20.2. The van der Waals surface area contributed by atoms with Crippen LogP contribution in [0.5, 0.6) is 0 Å². The SMILES string of the molecule is CC/C=C\C/C=C\C/C=C\C/C=C\C/C=C\C/C=C\C/C=C\CCCCCCCC(=O)NC(CO)C(O)/C=C/CC/C=C/CC/C=C/CCCC. The minimum atomic E-state index is -0.886. The van der Waals surface area contributed by atoms with E-state index in [2.05, 4.69) is 129 Å². The van der Waals surface area contributed by atoms with E-state index >= 15 is 0 Å². The number of hydrogen-bond acceptors (Lipinski definition) is 3. The van der Waals surface area contributed by atoms with Crippen LogP contribution in [-0.2, 0) is 4.79 Å². The fraction of sp³-hybridized carbons (Fsp3) is 0.553. The van der Waals surface area contributed by atoms with Gasteiger partial charge in [0.2, 0.25) is 5.91 Å². The maximum absolute atomic E-state index is 12.3. The van der Waals surface area contributed by atoms with E-state index in [1.54, 1.807) is 6.08 Å². The Morgan fingerprint density at radius 1 is 0.490 bits per heavy atom. The summed E-state index contributed by atoms with van der Waals surface area (Å²) in [6.07, 6.45) is 64.3. The standard InChI is InChI=1S/C47H75NO3/c1-3-5-7-9-11-13-15-17-18-19-20-21-22-23-24-25-26-27-28-29-30-31-33-35-37-39-41-43-47(51)48-45(44-49)46(50)42-40-38-36-34-32-16-14-12-10-8-6-4-2/h5,7,10-13,17-18,20-21,23-24,26-27,29-30,32,34,40,42,45-46,49-50H,3-4,6,8-9,14-16,19,22,25,28,31,33,35-39,41,43-44H2,1-2H3,(H,48,51)/b7-5-,12-10+,13-11-,18-17-,21-20-,24-23-,27-26-,30-29-,34-32+,42-40+. The topological polar surface area (TPSA) is 69.6 Å². The minimum absolute atomic E-state index is 0.106. The monoisotopic (exact) mass is 702 g/mol. The van der Waals surface area contributed by atoms with Crippen LogP contribution in [0.4, 0.5) is 0 Å². The Bertz CT molecular complexity index is 1070. The predicted molar refractivity (Wildman–Crippen MR) is 225 cm³/mol. The molecular weight excluding hydrogens is 627 g/mol. The van der Waals surface area contributed by atoms with Crippen molar-refractivity contribution in [2.75, 3.05) is 6.61 Å². The van der Waals surface area contributed by atoms with Gasteiger partial charge in [0, 0.05) is 6.42 Å². The summed E-state index contributed by atoms with van der Waals surface area (Å²) in [4.78, 5) is 12.3. The van der Waals surface area contributed by atoms with E-state index in [0.717, 1.165) is 96.3 Å². The Labute approximate surface area is 314 Å². The number of aliphatic hydroxyl groups is 2. The first-order chi connectivity index (χ1) is 25.2. The van der Waals surface area contributed by atoms with Gasteiger partial charge in [0.15, 0.2) is 0 Å². The van der Waals surface area contributed by atoms with Gasteiger partial charge in [-0.3, -0.25) is 4.79 Å². The zero-order valence-electron chi connectivity index (χ0n) is 32.6. The first kappa shape index (κ1) is 47.8. The Morgan fingerprint density at radius 2 is 0.882 bits per heavy atom. The molecule has 2 unspecified atom stereocenters. The number of aliphatic hydroxyl groups excluding tert-OH is 2. The van der Waals surface area contributed by atoms with Gasteiger partial charge in [-0.05, 0) is 96.3 Å². The highest BCUT2D eigenvalue weighted by Gasteiger charge is 2.17. The molecule has 286 valence electrons. The van der Waals surface area contributed by atoms with E-state index in [-0.39, 0.29) is 12.5 Å². The van der Waals surface area contributed by atoms with Crippen LogP contribution >= 0.6 is 0 Å². The quantitative estimate of drug-likeness (QED) is 0.0462. The Kier molecular flexibility index (Phi) is 38.6. The van der Waals surface area contributed by atoms with Gasteiger partial charge >= 0.3 is 0 Å². The molecule has 0 aromatic carbocycles. The van der Waals surface area contributed by atoms with Crippen molar-refractivity contribution in [1.29, 1.82) is 0 Å². The molecule has 0 aromatic rings. The normalized spacial score (nSPS) is 14.4. The fourth-order valence-corrected chi connectivity index (χ4v) is 5.05. The smallest absolute Gasteiger partial charge is 0.220 e. The first-order valence-electron chi connectivity index (χ1n) is 20.2. The van der Waals surface area contributed by atoms with Gasteiger partial charge in [-0.15, -0.1) is 0 Å². The molecule has 0 radical (unpaired) electrons. The summed E-state index contributed by atoms with van der Waals surface area (Å²) in [5, 5.41) is 22.8. The van der Waals surface area contributed by atoms with Crippen LogP contribution in [-0.4, -0.2) is 34.9 Å². The molecule has 0 spiro atoms. The van der Waals surface area contributed by atoms with Gasteiger partial charge in [-0.2, -0.15) is 0 Å². The second kappa shape index (κ2) is 41.2. The summed E-state index contributed by atoms with van der Waals surface area (Å²) >= 11 is 0. The van der Waals surface area contributed by atoms with Gasteiger partial charge in [0.05, 0.1) is 18.8 Å². The third kappa shape index (κ3) is 37.9. The van der Waals surface area contributed by atoms with Crippen molar-refractivity contribution in [3.05, 3.63) is 122 Å². The van der Waals surface area contributed by atoms with E-state index in [0.29, 0.717) is 6.42 Å². The summed E-state index contributed by atoms with van der Waals surface area (Å²) in [7, 11) is 0. The molecule has 0 aliphatic heterocycles. The molecule has 0 aromatic heterocycles. The number of allylic oxidation sites excluding steroid dienone is 19. The number of nitrogens with one attached hydrogen (secondary N) is 1. The predicted octanol–water partition coefficient (Wildman–Crippen LogP) is 12.6. The summed E-state index contributed by atoms with van der Waals surface area (Å²) < 4.78 is 0. The van der Waals surface area contributed by atoms with Crippen LogP contribution in [0.2, 0.25) is 0 Å². The van der Waals surface area contributed by atoms with Gasteiger partial charge in [-0.1, -0.05) is 167 Å². The van der Waals surface area contributed by atoms with Crippen molar-refractivity contribution in [3.63, 3.8) is 0 Å². The van der Waals surface area contributed by atoms with Gasteiger partial charge in [-0.25, -0.2) is 0 Å². The number of hydrogen-bond donors (Lipinski definition) is 3. The number of rotatable bonds is 34. The second-order valence-corrected chi connectivity index (χ2v) is 12.9. The number of amides is 1. The summed E-state index contributed by atoms with van der Waals surface area (Å²) in [5.74, 6) is -0.106. The Hall–Kier alpha value is -3.21. The van der Waals surface area contributed by atoms with E-state index in [9.17, 15) is 15.0 Å². The molecular formula is C47H75NO3. The highest BCUT2D eigenvalue weighted by atomic mass is 16.3. The molecule has 3 N–H and O–H groups in total. The van der Waals surface area contributed by atoms with E-state index in [4.69, 9.17) is 0 Å². The third-order valence-electron chi connectivity index (χ3n) is 8.16. The Balaban J connectivity index is 3.76. The molecule has 4 nitrogen and oxygen atoms in total. The summed E-state index contributed by atoms with van der Waals surface area (Å²) in [6, 6.07) is -0.663. The molecule has 1 amide bonds. The van der Waals surface area contributed by atoms with Gasteiger partial charge in [0.25, 0.3) is 0 Å². The molecule has 0 aliphatic carbocycles. The van der Waals surface area contributed by atoms with Crippen LogP contribution < -0.4 is 5.32 Å². The molecule has 0 aliphatic rings. The summed E-state index contributed by atoms with van der Waals surface area (Å²) in [5.41, 5.74) is 0. The van der Waals surface area contributed by atoms with Gasteiger partial charge < -0.3 is 15.5 Å². The average molecular weight is 702 g/mol. The lowest BCUT2D eigenvalue weighted by atomic mass is 10.1. The van der Waals surface area contributed by atoms with Crippen molar-refractivity contribution in [2.45, 2.75) is 161 Å². The molecule has 0 fully saturated rings. The molecule has 0 saturated carbocycles. The number of carbonyl (C=O) groups excluding carboxylic acids is 1. The average Bonchev–Trinajstić information content (AvgIpc) is 3.13.